The Morgan fingerprint density at radius 1 is 0.650 bits per heavy atom. The lowest BCUT2D eigenvalue weighted by Gasteiger charge is -2.39. The maximum absolute atomic E-state index is 14.4. The average Bonchev–Trinajstić information content (AvgIpc) is 3.73. The van der Waals surface area contributed by atoms with Crippen molar-refractivity contribution in [3.8, 4) is 11.5 Å². The number of piperidine rings is 2. The zero-order valence-corrected chi connectivity index (χ0v) is 34.8. The molecule has 0 aliphatic carbocycles. The summed E-state index contributed by atoms with van der Waals surface area (Å²) in [7, 11) is 3.24. The maximum Gasteiger partial charge on any atom is 0.264 e. The van der Waals surface area contributed by atoms with E-state index in [1.165, 1.54) is 18.2 Å². The van der Waals surface area contributed by atoms with Crippen molar-refractivity contribution in [3.05, 3.63) is 143 Å². The van der Waals surface area contributed by atoms with E-state index in [-0.39, 0.29) is 16.4 Å². The molecule has 0 aromatic heterocycles. The molecule has 4 aliphatic heterocycles. The minimum atomic E-state index is -1.10. The average molecular weight is 825 g/mol. The van der Waals surface area contributed by atoms with Gasteiger partial charge in [0.15, 0.2) is 11.6 Å². The molecule has 0 saturated carbocycles. The highest BCUT2D eigenvalue weighted by molar-refractivity contribution is 6.09. The number of hydrogen-bond donors (Lipinski definition) is 0. The quantitative estimate of drug-likeness (QED) is 0.131. The standard InChI is InChI=1S/2C24H26F2N2O2/c1-4-10-27-11-8-24(9-12-27)15-28(22-16(2)13-17(30-3)14-18(22)24)23(29)21-19(25)6-5-7-20(21)26;1-4-10-27-11-8-24(9-12-27)15-28(22-16(2)13-17(30-3)14-19(22)24)23(29)18-6-5-7-20(25)21(18)26/h2*4-7,13-14H,1,8-12,15H2,2-3H3. The highest BCUT2D eigenvalue weighted by Crippen LogP contribution is 2.52. The molecule has 12 heteroatoms. The van der Waals surface area contributed by atoms with E-state index in [2.05, 4.69) is 23.0 Å². The number of fused-ring (bicyclic) bond motifs is 4. The highest BCUT2D eigenvalue weighted by Gasteiger charge is 2.49. The monoisotopic (exact) mass is 824 g/mol. The number of aryl methyl sites for hydroxylation is 2. The van der Waals surface area contributed by atoms with Crippen LogP contribution in [0, 0.1) is 37.1 Å². The van der Waals surface area contributed by atoms with Gasteiger partial charge in [0.2, 0.25) is 0 Å². The number of anilines is 2. The van der Waals surface area contributed by atoms with Gasteiger partial charge >= 0.3 is 0 Å². The first kappa shape index (κ1) is 42.7. The number of carbonyl (C=O) groups is 2. The van der Waals surface area contributed by atoms with Crippen LogP contribution in [0.3, 0.4) is 0 Å². The molecule has 4 aromatic rings. The summed E-state index contributed by atoms with van der Waals surface area (Å²) in [4.78, 5) is 34.5. The first-order valence-electron chi connectivity index (χ1n) is 20.4. The zero-order chi connectivity index (χ0) is 42.9. The number of ether oxygens (including phenoxy) is 2. The fourth-order valence-electron chi connectivity index (χ4n) is 9.73. The number of likely N-dealkylation sites (tertiary alicyclic amines) is 2. The number of carbonyl (C=O) groups excluding carboxylic acids is 2. The van der Waals surface area contributed by atoms with Gasteiger partial charge in [-0.05, 0) is 136 Å². The van der Waals surface area contributed by atoms with Crippen molar-refractivity contribution in [3.63, 3.8) is 0 Å². The van der Waals surface area contributed by atoms with Crippen molar-refractivity contribution < 1.29 is 36.6 Å². The predicted octanol–water partition coefficient (Wildman–Crippen LogP) is 8.92. The van der Waals surface area contributed by atoms with Crippen LogP contribution in [0.15, 0.2) is 86.0 Å². The van der Waals surface area contributed by atoms with Crippen molar-refractivity contribution in [1.29, 1.82) is 0 Å². The van der Waals surface area contributed by atoms with Gasteiger partial charge in [0.05, 0.1) is 31.2 Å². The molecule has 4 heterocycles. The third kappa shape index (κ3) is 7.71. The van der Waals surface area contributed by atoms with Crippen LogP contribution in [0.4, 0.5) is 28.9 Å². The van der Waals surface area contributed by atoms with Crippen LogP contribution >= 0.6 is 0 Å². The number of amides is 2. The SMILES string of the molecule is C=CCN1CCC2(CC1)CN(C(=O)c1c(F)cccc1F)c1c(C)cc(OC)cc12.C=CCN1CCC2(CC1)CN(C(=O)c1cccc(F)c1F)c1c(C)cc(OC)cc12. The van der Waals surface area contributed by atoms with Crippen LogP contribution in [-0.2, 0) is 10.8 Å². The van der Waals surface area contributed by atoms with E-state index in [1.807, 2.05) is 50.3 Å². The van der Waals surface area contributed by atoms with E-state index in [0.717, 1.165) is 128 Å². The van der Waals surface area contributed by atoms with Gasteiger partial charge in [-0.3, -0.25) is 19.4 Å². The largest absolute Gasteiger partial charge is 0.497 e. The Morgan fingerprint density at radius 3 is 1.50 bits per heavy atom. The van der Waals surface area contributed by atoms with Crippen LogP contribution in [0.1, 0.15) is 68.7 Å². The molecular formula is C48H52F4N4O4. The summed E-state index contributed by atoms with van der Waals surface area (Å²) in [5, 5.41) is 0. The predicted molar refractivity (Wildman–Crippen MR) is 227 cm³/mol. The second-order valence-corrected chi connectivity index (χ2v) is 16.4. The number of methoxy groups -OCH3 is 2. The minimum absolute atomic E-state index is 0.230. The molecule has 2 fully saturated rings. The number of benzene rings is 4. The lowest BCUT2D eigenvalue weighted by atomic mass is 9.74. The van der Waals surface area contributed by atoms with Gasteiger partial charge < -0.3 is 19.3 Å². The van der Waals surface area contributed by atoms with Crippen molar-refractivity contribution >= 4 is 23.2 Å². The summed E-state index contributed by atoms with van der Waals surface area (Å²) in [6.45, 7) is 17.5. The first-order valence-corrected chi connectivity index (χ1v) is 20.4. The van der Waals surface area contributed by atoms with E-state index >= 15 is 0 Å². The Bertz CT molecular complexity index is 2300. The van der Waals surface area contributed by atoms with Crippen LogP contribution in [-0.4, -0.2) is 88.2 Å². The summed E-state index contributed by atoms with van der Waals surface area (Å²) in [6.07, 6.45) is 7.24. The number of hydrogen-bond acceptors (Lipinski definition) is 6. The fraction of sp³-hybridized carbons (Fsp3) is 0.375. The van der Waals surface area contributed by atoms with E-state index < -0.39 is 40.6 Å². The normalized spacial score (nSPS) is 17.8. The Labute approximate surface area is 349 Å². The van der Waals surface area contributed by atoms with Crippen molar-refractivity contribution in [1.82, 2.24) is 9.80 Å². The molecular weight excluding hydrogens is 773 g/mol. The van der Waals surface area contributed by atoms with Gasteiger partial charge in [-0.15, -0.1) is 13.2 Å². The van der Waals surface area contributed by atoms with Crippen molar-refractivity contribution in [2.75, 3.05) is 76.4 Å². The third-order valence-corrected chi connectivity index (χ3v) is 12.9. The highest BCUT2D eigenvalue weighted by atomic mass is 19.2. The summed E-state index contributed by atoms with van der Waals surface area (Å²) in [6, 6.07) is 15.0. The van der Waals surface area contributed by atoms with E-state index in [1.54, 1.807) is 24.0 Å². The van der Waals surface area contributed by atoms with Gasteiger partial charge in [0.25, 0.3) is 11.8 Å². The minimum Gasteiger partial charge on any atom is -0.497 e. The second-order valence-electron chi connectivity index (χ2n) is 16.4. The van der Waals surface area contributed by atoms with Crippen molar-refractivity contribution in [2.24, 2.45) is 0 Å². The zero-order valence-electron chi connectivity index (χ0n) is 34.8. The smallest absolute Gasteiger partial charge is 0.264 e. The number of halogens is 4. The van der Waals surface area contributed by atoms with Crippen LogP contribution in [0.5, 0.6) is 11.5 Å². The van der Waals surface area contributed by atoms with Crippen LogP contribution in [0.25, 0.3) is 0 Å². The lowest BCUT2D eigenvalue weighted by Crippen LogP contribution is -2.46. The molecule has 4 aromatic carbocycles. The molecule has 2 amide bonds. The molecule has 0 bridgehead atoms. The molecule has 316 valence electrons. The number of rotatable bonds is 8. The van der Waals surface area contributed by atoms with Gasteiger partial charge in [0.1, 0.15) is 28.7 Å². The maximum atomic E-state index is 14.4. The van der Waals surface area contributed by atoms with Gasteiger partial charge in [-0.2, -0.15) is 0 Å². The first-order chi connectivity index (χ1) is 28.8. The molecule has 8 rings (SSSR count). The molecule has 60 heavy (non-hydrogen) atoms. The van der Waals surface area contributed by atoms with Crippen LogP contribution < -0.4 is 19.3 Å². The summed E-state index contributed by atoms with van der Waals surface area (Å²) in [5.41, 5.74) is 4.15. The van der Waals surface area contributed by atoms with Gasteiger partial charge in [0, 0.05) is 37.0 Å². The molecule has 0 unspecified atom stereocenters. The molecule has 2 spiro atoms. The molecule has 0 atom stereocenters. The molecule has 2 saturated heterocycles. The van der Waals surface area contributed by atoms with Crippen molar-refractivity contribution in [2.45, 2.75) is 50.4 Å². The van der Waals surface area contributed by atoms with E-state index in [0.29, 0.717) is 13.1 Å². The molecule has 0 radical (unpaired) electrons. The molecule has 0 N–H and O–H groups in total. The Kier molecular flexibility index (Phi) is 12.3. The Hall–Kier alpha value is -5.46. The van der Waals surface area contributed by atoms with Crippen LogP contribution in [0.2, 0.25) is 0 Å². The Balaban J connectivity index is 0.000000181. The summed E-state index contributed by atoms with van der Waals surface area (Å²) < 4.78 is 68.0. The Morgan fingerprint density at radius 2 is 1.07 bits per heavy atom. The third-order valence-electron chi connectivity index (χ3n) is 12.9. The topological polar surface area (TPSA) is 65.6 Å². The summed E-state index contributed by atoms with van der Waals surface area (Å²) >= 11 is 0. The summed E-state index contributed by atoms with van der Waals surface area (Å²) in [5.74, 6) is -3.46. The molecule has 8 nitrogen and oxygen atoms in total. The van der Waals surface area contributed by atoms with E-state index in [9.17, 15) is 27.2 Å². The fourth-order valence-corrected chi connectivity index (χ4v) is 9.73. The second kappa shape index (κ2) is 17.3. The lowest BCUT2D eigenvalue weighted by molar-refractivity contribution is 0.0963. The van der Waals surface area contributed by atoms with E-state index in [4.69, 9.17) is 9.47 Å². The number of nitrogens with zero attached hydrogens (tertiary/aromatic N) is 4. The van der Waals surface area contributed by atoms with Gasteiger partial charge in [-0.1, -0.05) is 24.3 Å². The van der Waals surface area contributed by atoms with Gasteiger partial charge in [-0.25, -0.2) is 17.6 Å². The molecule has 4 aliphatic rings.